The number of hydrogen-bond donors (Lipinski definition) is 2. The minimum absolute atomic E-state index is 0.0934. The lowest BCUT2D eigenvalue weighted by molar-refractivity contribution is -0.383. The Balaban J connectivity index is 1.59. The summed E-state index contributed by atoms with van der Waals surface area (Å²) in [6, 6.07) is 10.9. The molecular formula is C19H20N4O3. The first-order chi connectivity index (χ1) is 12.5. The van der Waals surface area contributed by atoms with E-state index in [1.165, 1.54) is 6.07 Å². The van der Waals surface area contributed by atoms with Crippen LogP contribution in [0.2, 0.25) is 0 Å². The van der Waals surface area contributed by atoms with Crippen LogP contribution in [0.3, 0.4) is 0 Å². The number of fused-ring (bicyclic) bond motifs is 1. The van der Waals surface area contributed by atoms with Crippen molar-refractivity contribution in [3.8, 4) is 0 Å². The van der Waals surface area contributed by atoms with Gasteiger partial charge in [-0.25, -0.2) is 0 Å². The van der Waals surface area contributed by atoms with Crippen molar-refractivity contribution >= 4 is 28.5 Å². The van der Waals surface area contributed by atoms with Crippen molar-refractivity contribution in [1.82, 2.24) is 0 Å². The van der Waals surface area contributed by atoms with Gasteiger partial charge in [-0.05, 0) is 42.7 Å². The summed E-state index contributed by atoms with van der Waals surface area (Å²) in [5.41, 5.74) is 10.3. The van der Waals surface area contributed by atoms with E-state index < -0.39 is 4.92 Å². The third-order valence-corrected chi connectivity index (χ3v) is 5.00. The highest BCUT2D eigenvalue weighted by atomic mass is 16.6. The van der Waals surface area contributed by atoms with Gasteiger partial charge in [0.15, 0.2) is 0 Å². The number of benzene rings is 2. The smallest absolute Gasteiger partial charge is 0.292 e. The molecule has 2 aromatic rings. The number of rotatable bonds is 3. The molecular weight excluding hydrogens is 332 g/mol. The third kappa shape index (κ3) is 3.01. The lowest BCUT2D eigenvalue weighted by Crippen LogP contribution is -2.38. The molecule has 134 valence electrons. The quantitative estimate of drug-likeness (QED) is 0.502. The summed E-state index contributed by atoms with van der Waals surface area (Å²) >= 11 is 0. The Bertz CT molecular complexity index is 910. The van der Waals surface area contributed by atoms with Gasteiger partial charge in [0.05, 0.1) is 22.4 Å². The number of aliphatic hydroxyl groups excluding tert-OH is 1. The summed E-state index contributed by atoms with van der Waals surface area (Å²) in [7, 11) is 0. The normalized spacial score (nSPS) is 19.2. The number of nitro benzene ring substituents is 1. The number of β-amino-alcohol motifs (C(OH)–C–C–N with tert-alkyl or cyclic N) is 1. The molecule has 2 heterocycles. The average Bonchev–Trinajstić information content (AvgIpc) is 3.05. The number of aliphatic hydroxyl groups is 1. The highest BCUT2D eigenvalue weighted by Crippen LogP contribution is 2.34. The van der Waals surface area contributed by atoms with Crippen molar-refractivity contribution in [3.63, 3.8) is 0 Å². The summed E-state index contributed by atoms with van der Waals surface area (Å²) in [5.74, 6) is 0. The standard InChI is InChI=1S/C19H20N4O3/c20-16-5-3-12(10-19(16)23(25)26)18-9-13-8-14(4-6-17(13)21-18)22-7-1-2-15(24)11-22/h3-6,8,10,15,24H,1-2,7,9,11,20H2. The second-order valence-corrected chi connectivity index (χ2v) is 6.82. The van der Waals surface area contributed by atoms with Crippen LogP contribution >= 0.6 is 0 Å². The fourth-order valence-electron chi connectivity index (χ4n) is 3.62. The first kappa shape index (κ1) is 16.5. The fourth-order valence-corrected chi connectivity index (χ4v) is 3.62. The molecule has 0 radical (unpaired) electrons. The third-order valence-electron chi connectivity index (χ3n) is 5.00. The van der Waals surface area contributed by atoms with Crippen LogP contribution < -0.4 is 10.6 Å². The lowest BCUT2D eigenvalue weighted by atomic mass is 10.0. The van der Waals surface area contributed by atoms with Crippen LogP contribution in [0, 0.1) is 10.1 Å². The van der Waals surface area contributed by atoms with Gasteiger partial charge in [0.1, 0.15) is 5.69 Å². The number of aliphatic imine (C=N–C) groups is 1. The Morgan fingerprint density at radius 1 is 1.27 bits per heavy atom. The van der Waals surface area contributed by atoms with E-state index in [-0.39, 0.29) is 17.5 Å². The number of nitro groups is 1. The van der Waals surface area contributed by atoms with Gasteiger partial charge in [-0.2, -0.15) is 0 Å². The van der Waals surface area contributed by atoms with Crippen molar-refractivity contribution in [2.45, 2.75) is 25.4 Å². The van der Waals surface area contributed by atoms with Crippen LogP contribution in [0.4, 0.5) is 22.7 Å². The molecule has 2 aliphatic heterocycles. The Morgan fingerprint density at radius 3 is 2.88 bits per heavy atom. The van der Waals surface area contributed by atoms with Crippen molar-refractivity contribution in [2.24, 2.45) is 4.99 Å². The van der Waals surface area contributed by atoms with Crippen LogP contribution in [-0.4, -0.2) is 34.9 Å². The number of hydrogen-bond acceptors (Lipinski definition) is 6. The zero-order valence-electron chi connectivity index (χ0n) is 14.3. The molecule has 0 aliphatic carbocycles. The second kappa shape index (κ2) is 6.42. The van der Waals surface area contributed by atoms with E-state index in [4.69, 9.17) is 5.73 Å². The molecule has 0 saturated carbocycles. The maximum absolute atomic E-state index is 11.1. The van der Waals surface area contributed by atoms with Crippen LogP contribution in [0.25, 0.3) is 0 Å². The summed E-state index contributed by atoms with van der Waals surface area (Å²) in [6.07, 6.45) is 2.18. The van der Waals surface area contributed by atoms with E-state index in [2.05, 4.69) is 16.0 Å². The maximum atomic E-state index is 11.1. The van der Waals surface area contributed by atoms with Gasteiger partial charge >= 0.3 is 0 Å². The molecule has 3 N–H and O–H groups in total. The highest BCUT2D eigenvalue weighted by molar-refractivity contribution is 6.07. The van der Waals surface area contributed by atoms with Gasteiger partial charge in [-0.3, -0.25) is 15.1 Å². The molecule has 2 aliphatic rings. The number of nitrogen functional groups attached to an aromatic ring is 1. The number of nitrogens with zero attached hydrogens (tertiary/aromatic N) is 3. The molecule has 1 saturated heterocycles. The molecule has 7 heteroatoms. The molecule has 1 unspecified atom stereocenters. The average molecular weight is 352 g/mol. The van der Waals surface area contributed by atoms with Gasteiger partial charge in [0.25, 0.3) is 5.69 Å². The van der Waals surface area contributed by atoms with Crippen LogP contribution in [0.5, 0.6) is 0 Å². The predicted octanol–water partition coefficient (Wildman–Crippen LogP) is 2.82. The van der Waals surface area contributed by atoms with Crippen LogP contribution in [-0.2, 0) is 6.42 Å². The van der Waals surface area contributed by atoms with E-state index >= 15 is 0 Å². The molecule has 0 spiro atoms. The Kier molecular flexibility index (Phi) is 4.08. The predicted molar refractivity (Wildman–Crippen MR) is 101 cm³/mol. The summed E-state index contributed by atoms with van der Waals surface area (Å²) in [6.45, 7) is 1.59. The van der Waals surface area contributed by atoms with Gasteiger partial charge < -0.3 is 15.7 Å². The van der Waals surface area contributed by atoms with Crippen molar-refractivity contribution in [2.75, 3.05) is 23.7 Å². The molecule has 0 amide bonds. The van der Waals surface area contributed by atoms with Gasteiger partial charge in [-0.15, -0.1) is 0 Å². The second-order valence-electron chi connectivity index (χ2n) is 6.82. The fraction of sp³-hybridized carbons (Fsp3) is 0.316. The molecule has 0 bridgehead atoms. The van der Waals surface area contributed by atoms with Gasteiger partial charge in [-0.1, -0.05) is 6.07 Å². The van der Waals surface area contributed by atoms with Crippen LogP contribution in [0.1, 0.15) is 24.0 Å². The minimum Gasteiger partial charge on any atom is -0.393 e. The minimum atomic E-state index is -0.471. The largest absolute Gasteiger partial charge is 0.393 e. The first-order valence-electron chi connectivity index (χ1n) is 8.69. The molecule has 1 fully saturated rings. The Morgan fingerprint density at radius 2 is 2.12 bits per heavy atom. The SMILES string of the molecule is Nc1ccc(C2=Nc3ccc(N4CCCC(O)C4)cc3C2)cc1[N+](=O)[O-]. The zero-order valence-corrected chi connectivity index (χ0v) is 14.3. The first-order valence-corrected chi connectivity index (χ1v) is 8.69. The van der Waals surface area contributed by atoms with E-state index in [0.29, 0.717) is 13.0 Å². The zero-order chi connectivity index (χ0) is 18.3. The number of piperidine rings is 1. The lowest BCUT2D eigenvalue weighted by Gasteiger charge is -2.32. The molecule has 4 rings (SSSR count). The Labute approximate surface area is 150 Å². The molecule has 0 aromatic heterocycles. The molecule has 26 heavy (non-hydrogen) atoms. The Hall–Kier alpha value is -2.93. The van der Waals surface area contributed by atoms with Gasteiger partial charge in [0.2, 0.25) is 0 Å². The summed E-state index contributed by atoms with van der Waals surface area (Å²) in [4.78, 5) is 17.5. The van der Waals surface area contributed by atoms with Gasteiger partial charge in [0, 0.05) is 36.8 Å². The van der Waals surface area contributed by atoms with Crippen molar-refractivity contribution < 1.29 is 10.0 Å². The maximum Gasteiger partial charge on any atom is 0.292 e. The summed E-state index contributed by atoms with van der Waals surface area (Å²) < 4.78 is 0. The van der Waals surface area contributed by atoms with E-state index in [1.54, 1.807) is 12.1 Å². The highest BCUT2D eigenvalue weighted by Gasteiger charge is 2.22. The number of nitrogens with two attached hydrogens (primary N) is 1. The summed E-state index contributed by atoms with van der Waals surface area (Å²) in [5, 5.41) is 21.0. The van der Waals surface area contributed by atoms with Crippen molar-refractivity contribution in [1.29, 1.82) is 0 Å². The van der Waals surface area contributed by atoms with E-state index in [9.17, 15) is 15.2 Å². The van der Waals surface area contributed by atoms with Crippen molar-refractivity contribution in [3.05, 3.63) is 57.6 Å². The molecule has 7 nitrogen and oxygen atoms in total. The molecule has 1 atom stereocenters. The molecule has 2 aromatic carbocycles. The van der Waals surface area contributed by atoms with Crippen LogP contribution in [0.15, 0.2) is 41.4 Å². The monoisotopic (exact) mass is 352 g/mol. The number of anilines is 2. The topological polar surface area (TPSA) is 105 Å². The van der Waals surface area contributed by atoms with E-state index in [0.717, 1.165) is 47.6 Å². The van der Waals surface area contributed by atoms with E-state index in [1.807, 2.05) is 12.1 Å².